The van der Waals surface area contributed by atoms with Crippen LogP contribution in [0.2, 0.25) is 5.02 Å². The first-order valence-electron chi connectivity index (χ1n) is 12.7. The van der Waals surface area contributed by atoms with Crippen molar-refractivity contribution < 1.29 is 18.8 Å². The van der Waals surface area contributed by atoms with E-state index in [2.05, 4.69) is 29.4 Å². The molecule has 0 unspecified atom stereocenters. The summed E-state index contributed by atoms with van der Waals surface area (Å²) in [5.74, 6) is -0.941. The van der Waals surface area contributed by atoms with Gasteiger partial charge >= 0.3 is 12.1 Å². The molecule has 38 heavy (non-hydrogen) atoms. The van der Waals surface area contributed by atoms with E-state index in [4.69, 9.17) is 17.3 Å². The number of benzene rings is 2. The van der Waals surface area contributed by atoms with Gasteiger partial charge in [0.15, 0.2) is 0 Å². The Bertz CT molecular complexity index is 1360. The highest BCUT2D eigenvalue weighted by atomic mass is 35.5. The summed E-state index contributed by atoms with van der Waals surface area (Å²) in [6, 6.07) is 8.53. The minimum atomic E-state index is -0.711. The van der Waals surface area contributed by atoms with Gasteiger partial charge in [0, 0.05) is 36.8 Å². The molecule has 1 saturated heterocycles. The van der Waals surface area contributed by atoms with Gasteiger partial charge in [-0.05, 0) is 49.7 Å². The molecule has 1 atom stereocenters. The summed E-state index contributed by atoms with van der Waals surface area (Å²) in [5, 5.41) is 6.25. The van der Waals surface area contributed by atoms with E-state index in [0.29, 0.717) is 48.1 Å². The summed E-state index contributed by atoms with van der Waals surface area (Å²) in [7, 11) is 0. The van der Waals surface area contributed by atoms with Crippen LogP contribution in [-0.2, 0) is 17.9 Å². The van der Waals surface area contributed by atoms with Crippen LogP contribution in [0.1, 0.15) is 37.8 Å². The van der Waals surface area contributed by atoms with Crippen LogP contribution in [0.3, 0.4) is 0 Å². The quantitative estimate of drug-likeness (QED) is 0.388. The lowest BCUT2D eigenvalue weighted by Crippen LogP contribution is -2.47. The fraction of sp³-hybridized carbons (Fsp3) is 0.370. The fourth-order valence-electron chi connectivity index (χ4n) is 4.86. The van der Waals surface area contributed by atoms with Crippen molar-refractivity contribution in [1.29, 1.82) is 0 Å². The molecule has 0 aliphatic carbocycles. The normalized spacial score (nSPS) is 15.3. The third-order valence-corrected chi connectivity index (χ3v) is 7.20. The van der Waals surface area contributed by atoms with E-state index < -0.39 is 23.9 Å². The van der Waals surface area contributed by atoms with E-state index >= 15 is 0 Å². The van der Waals surface area contributed by atoms with Crippen molar-refractivity contribution in [1.82, 2.24) is 19.7 Å². The molecule has 1 aromatic heterocycles. The Hall–Kier alpha value is -3.63. The second kappa shape index (κ2) is 11.8. The number of rotatable bonds is 8. The lowest BCUT2D eigenvalue weighted by atomic mass is 10.1. The smallest absolute Gasteiger partial charge is 0.323 e. The van der Waals surface area contributed by atoms with Crippen LogP contribution >= 0.6 is 11.6 Å². The standard InChI is InChI=1S/C27H32ClFN6O3/c1-3-33(4-2)15-17-12-18(24(29)20(28)13-17)14-31-25(36)23-10-7-11-34(23)27(38)32-21-16-35(26(30)37)22-9-6-5-8-19(21)22/h5-6,8-9,12-13,16,23H,3-4,7,10-11,14-15H2,1-2H3,(H2,30,37)(H,31,36)(H,32,38)/t23-/m0/s1. The Morgan fingerprint density at radius 2 is 1.92 bits per heavy atom. The monoisotopic (exact) mass is 542 g/mol. The summed E-state index contributed by atoms with van der Waals surface area (Å²) in [6.45, 7) is 6.76. The van der Waals surface area contributed by atoms with Crippen molar-refractivity contribution in [2.24, 2.45) is 5.73 Å². The van der Waals surface area contributed by atoms with Crippen molar-refractivity contribution in [3.63, 3.8) is 0 Å². The van der Waals surface area contributed by atoms with Gasteiger partial charge < -0.3 is 21.3 Å². The van der Waals surface area contributed by atoms with Crippen molar-refractivity contribution >= 4 is 46.2 Å². The third kappa shape index (κ3) is 5.76. The third-order valence-electron chi connectivity index (χ3n) is 6.92. The molecular weight excluding hydrogens is 511 g/mol. The van der Waals surface area contributed by atoms with Crippen molar-refractivity contribution in [3.8, 4) is 0 Å². The largest absolute Gasteiger partial charge is 0.351 e. The zero-order valence-electron chi connectivity index (χ0n) is 21.5. The number of nitrogens with one attached hydrogen (secondary N) is 2. The highest BCUT2D eigenvalue weighted by Gasteiger charge is 2.34. The Balaban J connectivity index is 1.45. The molecule has 11 heteroatoms. The molecule has 4 amide bonds. The average Bonchev–Trinajstić information content (AvgIpc) is 3.54. The van der Waals surface area contributed by atoms with E-state index in [-0.39, 0.29) is 17.5 Å². The van der Waals surface area contributed by atoms with Gasteiger partial charge in [0.1, 0.15) is 11.9 Å². The van der Waals surface area contributed by atoms with Crippen LogP contribution < -0.4 is 16.4 Å². The second-order valence-electron chi connectivity index (χ2n) is 9.28. The van der Waals surface area contributed by atoms with Crippen LogP contribution in [0.15, 0.2) is 42.6 Å². The summed E-state index contributed by atoms with van der Waals surface area (Å²) in [6.07, 6.45) is 2.59. The highest BCUT2D eigenvalue weighted by Crippen LogP contribution is 2.27. The van der Waals surface area contributed by atoms with Gasteiger partial charge in [-0.2, -0.15) is 0 Å². The van der Waals surface area contributed by atoms with Gasteiger partial charge in [-0.3, -0.25) is 14.3 Å². The van der Waals surface area contributed by atoms with Crippen molar-refractivity contribution in [2.75, 3.05) is 25.0 Å². The van der Waals surface area contributed by atoms with Gasteiger partial charge in [0.2, 0.25) is 5.91 Å². The molecule has 3 aromatic rings. The first kappa shape index (κ1) is 27.4. The molecule has 1 fully saturated rings. The van der Waals surface area contributed by atoms with Crippen LogP contribution in [0.5, 0.6) is 0 Å². The number of fused-ring (bicyclic) bond motifs is 1. The number of likely N-dealkylation sites (tertiary alicyclic amines) is 1. The van der Waals surface area contributed by atoms with E-state index in [1.165, 1.54) is 15.7 Å². The van der Waals surface area contributed by atoms with Gasteiger partial charge in [-0.1, -0.05) is 43.6 Å². The minimum absolute atomic E-state index is 0.0101. The van der Waals surface area contributed by atoms with Gasteiger partial charge in [-0.15, -0.1) is 0 Å². The molecule has 4 rings (SSSR count). The first-order chi connectivity index (χ1) is 18.2. The van der Waals surface area contributed by atoms with Gasteiger partial charge in [0.25, 0.3) is 0 Å². The lowest BCUT2D eigenvalue weighted by molar-refractivity contribution is -0.124. The number of urea groups is 1. The van der Waals surface area contributed by atoms with Crippen LogP contribution in [0, 0.1) is 5.82 Å². The molecule has 4 N–H and O–H groups in total. The summed E-state index contributed by atoms with van der Waals surface area (Å²) >= 11 is 6.14. The number of primary amides is 1. The Labute approximate surface area is 225 Å². The zero-order chi connectivity index (χ0) is 27.4. The van der Waals surface area contributed by atoms with E-state index in [0.717, 1.165) is 18.7 Å². The summed E-state index contributed by atoms with van der Waals surface area (Å²) < 4.78 is 16.0. The number of aromatic nitrogens is 1. The van der Waals surface area contributed by atoms with E-state index in [1.54, 1.807) is 36.4 Å². The predicted octanol–water partition coefficient (Wildman–Crippen LogP) is 4.52. The van der Waals surface area contributed by atoms with Crippen molar-refractivity contribution in [2.45, 2.75) is 45.8 Å². The molecule has 2 heterocycles. The summed E-state index contributed by atoms with van der Waals surface area (Å²) in [4.78, 5) is 41.7. The van der Waals surface area contributed by atoms with Crippen LogP contribution in [-0.4, -0.2) is 58.0 Å². The highest BCUT2D eigenvalue weighted by molar-refractivity contribution is 6.30. The maximum Gasteiger partial charge on any atom is 0.323 e. The van der Waals surface area contributed by atoms with Gasteiger partial charge in [0.05, 0.1) is 16.2 Å². The average molecular weight is 543 g/mol. The Morgan fingerprint density at radius 3 is 2.63 bits per heavy atom. The molecule has 1 aliphatic rings. The van der Waals surface area contributed by atoms with Crippen LogP contribution in [0.25, 0.3) is 10.9 Å². The second-order valence-corrected chi connectivity index (χ2v) is 9.69. The molecular formula is C27H32ClFN6O3. The number of nitrogens with zero attached hydrogens (tertiary/aromatic N) is 3. The molecule has 0 bridgehead atoms. The number of hydrogen-bond donors (Lipinski definition) is 3. The number of hydrogen-bond acceptors (Lipinski definition) is 4. The number of carbonyl (C=O) groups excluding carboxylic acids is 3. The zero-order valence-corrected chi connectivity index (χ0v) is 22.2. The molecule has 2 aromatic carbocycles. The molecule has 9 nitrogen and oxygen atoms in total. The molecule has 0 saturated carbocycles. The maximum absolute atomic E-state index is 14.7. The number of carbonyl (C=O) groups is 3. The van der Waals surface area contributed by atoms with E-state index in [9.17, 15) is 18.8 Å². The predicted molar refractivity (Wildman–Crippen MR) is 146 cm³/mol. The Morgan fingerprint density at radius 1 is 1.18 bits per heavy atom. The van der Waals surface area contributed by atoms with Crippen LogP contribution in [0.4, 0.5) is 19.7 Å². The van der Waals surface area contributed by atoms with E-state index in [1.807, 2.05) is 0 Å². The first-order valence-corrected chi connectivity index (χ1v) is 13.1. The number of halogens is 2. The SMILES string of the molecule is CCN(CC)Cc1cc(Cl)c(F)c(CNC(=O)[C@@H]2CCCN2C(=O)Nc2cn(C(N)=O)c3ccccc23)c1. The van der Waals surface area contributed by atoms with Crippen molar-refractivity contribution in [3.05, 3.63) is 64.6 Å². The summed E-state index contributed by atoms with van der Waals surface area (Å²) in [5.41, 5.74) is 7.60. The molecule has 1 aliphatic heterocycles. The number of anilines is 1. The number of para-hydroxylation sites is 1. The molecule has 202 valence electrons. The number of amides is 4. The molecule has 0 spiro atoms. The molecule has 0 radical (unpaired) electrons. The Kier molecular flexibility index (Phi) is 8.53. The minimum Gasteiger partial charge on any atom is -0.351 e. The number of nitrogens with two attached hydrogens (primary N) is 1. The maximum atomic E-state index is 14.7. The fourth-order valence-corrected chi connectivity index (χ4v) is 5.13. The topological polar surface area (TPSA) is 113 Å². The van der Waals surface area contributed by atoms with Gasteiger partial charge in [-0.25, -0.2) is 14.0 Å². The lowest BCUT2D eigenvalue weighted by Gasteiger charge is -2.24.